The highest BCUT2D eigenvalue weighted by atomic mass is 35.5. The van der Waals surface area contributed by atoms with Gasteiger partial charge in [-0.05, 0) is 49.7 Å². The van der Waals surface area contributed by atoms with Gasteiger partial charge in [-0.25, -0.2) is 17.7 Å². The van der Waals surface area contributed by atoms with Gasteiger partial charge in [-0.2, -0.15) is 0 Å². The largest absolute Gasteiger partial charge is 0.350 e. The normalized spacial score (nSPS) is 13.0. The average Bonchev–Trinajstić information content (AvgIpc) is 3.09. The van der Waals surface area contributed by atoms with Crippen molar-refractivity contribution in [3.63, 3.8) is 0 Å². The molecule has 2 aromatic carbocycles. The maximum Gasteiger partial charge on any atom is 0.242 e. The van der Waals surface area contributed by atoms with Gasteiger partial charge in [0, 0.05) is 38.5 Å². The van der Waals surface area contributed by atoms with E-state index < -0.39 is 10.0 Å². The van der Waals surface area contributed by atoms with Crippen LogP contribution in [-0.4, -0.2) is 42.3 Å². The lowest BCUT2D eigenvalue weighted by Crippen LogP contribution is -2.27. The Bertz CT molecular complexity index is 1190. The highest BCUT2D eigenvalue weighted by Crippen LogP contribution is 2.23. The molecule has 31 heavy (non-hydrogen) atoms. The van der Waals surface area contributed by atoms with Gasteiger partial charge < -0.3 is 9.88 Å². The SMILES string of the molecule is CCn1c(CCC(=O)N[C@@H](C)c2ccc(Cl)cc2)nc2cc(S(=O)(=O)N(C)C)ccc21. The van der Waals surface area contributed by atoms with Gasteiger partial charge in [-0.1, -0.05) is 23.7 Å². The zero-order chi connectivity index (χ0) is 22.8. The summed E-state index contributed by atoms with van der Waals surface area (Å²) in [6.45, 7) is 4.60. The molecular formula is C22H27ClN4O3S. The van der Waals surface area contributed by atoms with Crippen molar-refractivity contribution >= 4 is 38.6 Å². The van der Waals surface area contributed by atoms with E-state index in [0.29, 0.717) is 23.5 Å². The quantitative estimate of drug-likeness (QED) is 0.552. The second-order valence-corrected chi connectivity index (χ2v) is 10.1. The minimum absolute atomic E-state index is 0.0759. The molecule has 0 unspecified atom stereocenters. The third-order valence-electron chi connectivity index (χ3n) is 5.22. The average molecular weight is 463 g/mol. The van der Waals surface area contributed by atoms with Crippen molar-refractivity contribution < 1.29 is 13.2 Å². The van der Waals surface area contributed by atoms with E-state index in [2.05, 4.69) is 10.3 Å². The topological polar surface area (TPSA) is 84.3 Å². The van der Waals surface area contributed by atoms with Crippen molar-refractivity contribution in [3.05, 3.63) is 58.9 Å². The van der Waals surface area contributed by atoms with Crippen LogP contribution < -0.4 is 5.32 Å². The number of nitrogens with zero attached hydrogens (tertiary/aromatic N) is 3. The van der Waals surface area contributed by atoms with Gasteiger partial charge in [0.25, 0.3) is 0 Å². The third kappa shape index (κ3) is 5.08. The number of aromatic nitrogens is 2. The number of amides is 1. The number of hydrogen-bond acceptors (Lipinski definition) is 4. The maximum absolute atomic E-state index is 12.5. The number of halogens is 1. The monoisotopic (exact) mass is 462 g/mol. The van der Waals surface area contributed by atoms with Gasteiger partial charge in [0.15, 0.2) is 0 Å². The second kappa shape index (κ2) is 9.38. The molecule has 0 saturated heterocycles. The number of aryl methyl sites for hydroxylation is 2. The molecule has 1 heterocycles. The molecule has 0 bridgehead atoms. The van der Waals surface area contributed by atoms with E-state index in [9.17, 15) is 13.2 Å². The summed E-state index contributed by atoms with van der Waals surface area (Å²) < 4.78 is 28.0. The van der Waals surface area contributed by atoms with Gasteiger partial charge in [0.1, 0.15) is 5.82 Å². The molecule has 0 fully saturated rings. The van der Waals surface area contributed by atoms with E-state index in [0.717, 1.165) is 16.9 Å². The van der Waals surface area contributed by atoms with E-state index in [1.165, 1.54) is 18.4 Å². The van der Waals surface area contributed by atoms with E-state index in [1.807, 2.05) is 30.5 Å². The molecule has 0 aliphatic rings. The summed E-state index contributed by atoms with van der Waals surface area (Å²) in [6, 6.07) is 12.2. The number of benzene rings is 2. The van der Waals surface area contributed by atoms with Crippen molar-refractivity contribution in [2.75, 3.05) is 14.1 Å². The van der Waals surface area contributed by atoms with Crippen LogP contribution in [0.1, 0.15) is 37.7 Å². The van der Waals surface area contributed by atoms with E-state index in [-0.39, 0.29) is 23.3 Å². The van der Waals surface area contributed by atoms with Crippen molar-refractivity contribution in [3.8, 4) is 0 Å². The molecular weight excluding hydrogens is 436 g/mol. The molecule has 0 spiro atoms. The number of carbonyl (C=O) groups excluding carboxylic acids is 1. The van der Waals surface area contributed by atoms with Crippen LogP contribution in [0.5, 0.6) is 0 Å². The molecule has 1 N–H and O–H groups in total. The Morgan fingerprint density at radius 1 is 1.19 bits per heavy atom. The Morgan fingerprint density at radius 2 is 1.87 bits per heavy atom. The second-order valence-electron chi connectivity index (χ2n) is 7.55. The summed E-state index contributed by atoms with van der Waals surface area (Å²) >= 11 is 5.92. The summed E-state index contributed by atoms with van der Waals surface area (Å²) in [5.74, 6) is 0.680. The van der Waals surface area contributed by atoms with E-state index in [4.69, 9.17) is 11.6 Å². The Hall–Kier alpha value is -2.42. The first-order chi connectivity index (χ1) is 14.6. The summed E-state index contributed by atoms with van der Waals surface area (Å²) in [7, 11) is -0.537. The Labute approximate surface area is 188 Å². The van der Waals surface area contributed by atoms with Crippen molar-refractivity contribution in [1.29, 1.82) is 0 Å². The Balaban J connectivity index is 1.74. The molecule has 9 heteroatoms. The standard InChI is InChI=1S/C22H27ClN4O3S/c1-5-27-20-11-10-18(31(29,30)26(3)4)14-19(20)25-21(27)12-13-22(28)24-15(2)16-6-8-17(23)9-7-16/h6-11,14-15H,5,12-13H2,1-4H3,(H,24,28)/t15-/m0/s1. The fourth-order valence-electron chi connectivity index (χ4n) is 3.45. The van der Waals surface area contributed by atoms with Crippen LogP contribution in [0, 0.1) is 0 Å². The summed E-state index contributed by atoms with van der Waals surface area (Å²) in [5.41, 5.74) is 2.44. The number of sulfonamides is 1. The fourth-order valence-corrected chi connectivity index (χ4v) is 4.50. The van der Waals surface area contributed by atoms with Gasteiger partial charge in [0.05, 0.1) is 22.0 Å². The number of hydrogen-bond donors (Lipinski definition) is 1. The van der Waals surface area contributed by atoms with Gasteiger partial charge in [-0.15, -0.1) is 0 Å². The number of fused-ring (bicyclic) bond motifs is 1. The first-order valence-corrected chi connectivity index (χ1v) is 11.9. The smallest absolute Gasteiger partial charge is 0.242 e. The van der Waals surface area contributed by atoms with Gasteiger partial charge >= 0.3 is 0 Å². The van der Waals surface area contributed by atoms with E-state index >= 15 is 0 Å². The fraction of sp³-hybridized carbons (Fsp3) is 0.364. The maximum atomic E-state index is 12.5. The van der Waals surface area contributed by atoms with Crippen LogP contribution >= 0.6 is 11.6 Å². The predicted molar refractivity (Wildman–Crippen MR) is 123 cm³/mol. The lowest BCUT2D eigenvalue weighted by atomic mass is 10.1. The molecule has 1 atom stereocenters. The highest BCUT2D eigenvalue weighted by molar-refractivity contribution is 7.89. The molecule has 0 saturated carbocycles. The number of nitrogens with one attached hydrogen (secondary N) is 1. The van der Waals surface area contributed by atoms with Crippen LogP contribution in [-0.2, 0) is 27.8 Å². The summed E-state index contributed by atoms with van der Waals surface area (Å²) in [5, 5.41) is 3.65. The third-order valence-corrected chi connectivity index (χ3v) is 7.28. The number of carbonyl (C=O) groups is 1. The first-order valence-electron chi connectivity index (χ1n) is 10.1. The minimum atomic E-state index is -3.54. The van der Waals surface area contributed by atoms with Crippen LogP contribution in [0.3, 0.4) is 0 Å². The minimum Gasteiger partial charge on any atom is -0.350 e. The van der Waals surface area contributed by atoms with Crippen LogP contribution in [0.2, 0.25) is 5.02 Å². The first kappa shape index (κ1) is 23.2. The Morgan fingerprint density at radius 3 is 2.48 bits per heavy atom. The molecule has 0 aliphatic carbocycles. The molecule has 0 aliphatic heterocycles. The zero-order valence-electron chi connectivity index (χ0n) is 18.1. The van der Waals surface area contributed by atoms with Gasteiger partial charge in [-0.3, -0.25) is 4.79 Å². The molecule has 166 valence electrons. The molecule has 7 nitrogen and oxygen atoms in total. The lowest BCUT2D eigenvalue weighted by molar-refractivity contribution is -0.121. The zero-order valence-corrected chi connectivity index (χ0v) is 19.7. The molecule has 3 aromatic rings. The Kier molecular flexibility index (Phi) is 7.03. The van der Waals surface area contributed by atoms with Crippen LogP contribution in [0.15, 0.2) is 47.4 Å². The van der Waals surface area contributed by atoms with Crippen LogP contribution in [0.25, 0.3) is 11.0 Å². The van der Waals surface area contributed by atoms with Gasteiger partial charge in [0.2, 0.25) is 15.9 Å². The van der Waals surface area contributed by atoms with Crippen molar-refractivity contribution in [2.24, 2.45) is 0 Å². The number of imidazole rings is 1. The molecule has 0 radical (unpaired) electrons. The molecule has 1 amide bonds. The van der Waals surface area contributed by atoms with Crippen molar-refractivity contribution in [1.82, 2.24) is 19.2 Å². The van der Waals surface area contributed by atoms with E-state index in [1.54, 1.807) is 30.3 Å². The summed E-state index contributed by atoms with van der Waals surface area (Å²) in [4.78, 5) is 17.3. The predicted octanol–water partition coefficient (Wildman–Crippen LogP) is 3.77. The van der Waals surface area contributed by atoms with Crippen molar-refractivity contribution in [2.45, 2.75) is 44.2 Å². The summed E-state index contributed by atoms with van der Waals surface area (Å²) in [6.07, 6.45) is 0.738. The highest BCUT2D eigenvalue weighted by Gasteiger charge is 2.20. The lowest BCUT2D eigenvalue weighted by Gasteiger charge is -2.14. The number of rotatable bonds is 8. The molecule has 3 rings (SSSR count). The molecule has 1 aromatic heterocycles. The van der Waals surface area contributed by atoms with Crippen LogP contribution in [0.4, 0.5) is 0 Å².